The zero-order valence-electron chi connectivity index (χ0n) is 6.99. The first kappa shape index (κ1) is 10.2. The van der Waals surface area contributed by atoms with E-state index in [0.717, 1.165) is 11.7 Å². The predicted octanol–water partition coefficient (Wildman–Crippen LogP) is 2.65. The second-order valence-corrected chi connectivity index (χ2v) is 5.59. The van der Waals surface area contributed by atoms with Crippen molar-refractivity contribution >= 4 is 27.7 Å². The number of hydrogen-bond donors (Lipinski definition) is 0. The lowest BCUT2D eigenvalue weighted by atomic mass is 10.1. The molecule has 12 heavy (non-hydrogen) atoms. The van der Waals surface area contributed by atoms with Gasteiger partial charge in [-0.15, -0.1) is 0 Å². The van der Waals surface area contributed by atoms with Crippen LogP contribution in [0.25, 0.3) is 0 Å². The van der Waals surface area contributed by atoms with Crippen molar-refractivity contribution in [1.82, 2.24) is 0 Å². The molecule has 2 nitrogen and oxygen atoms in total. The van der Waals surface area contributed by atoms with Crippen molar-refractivity contribution in [3.8, 4) is 0 Å². The van der Waals surface area contributed by atoms with E-state index in [0.29, 0.717) is 6.54 Å². The molecular formula is C8H13NOS2. The Kier molecular flexibility index (Phi) is 5.57. The molecule has 1 heterocycles. The number of aliphatic imine (C=N–C) groups is 1. The molecule has 0 aromatic rings. The molecule has 0 aromatic carbocycles. The lowest BCUT2D eigenvalue weighted by molar-refractivity contribution is 0.561. The Morgan fingerprint density at radius 3 is 3.08 bits per heavy atom. The molecule has 0 radical (unpaired) electrons. The summed E-state index contributed by atoms with van der Waals surface area (Å²) in [5.74, 6) is 1.31. The Hall–Kier alpha value is 0.0800. The van der Waals surface area contributed by atoms with Crippen LogP contribution in [0.5, 0.6) is 0 Å². The Balaban J connectivity index is 1.91. The average molecular weight is 203 g/mol. The van der Waals surface area contributed by atoms with Crippen LogP contribution in [0.3, 0.4) is 0 Å². The maximum Gasteiger partial charge on any atom is 0.234 e. The standard InChI is InChI=1S/C8H13NOS2/c10-7-9-5-2-1-3-8-4-6-11-12-8/h8H,1-6H2. The van der Waals surface area contributed by atoms with Crippen LogP contribution in [0.4, 0.5) is 0 Å². The van der Waals surface area contributed by atoms with Crippen molar-refractivity contribution in [2.24, 2.45) is 4.99 Å². The van der Waals surface area contributed by atoms with Gasteiger partial charge in [0.15, 0.2) is 0 Å². The van der Waals surface area contributed by atoms with E-state index in [4.69, 9.17) is 0 Å². The monoisotopic (exact) mass is 203 g/mol. The number of hydrogen-bond acceptors (Lipinski definition) is 4. The Morgan fingerprint density at radius 2 is 2.42 bits per heavy atom. The van der Waals surface area contributed by atoms with Crippen LogP contribution in [0.15, 0.2) is 4.99 Å². The van der Waals surface area contributed by atoms with Crippen LogP contribution in [-0.2, 0) is 4.79 Å². The molecule has 68 valence electrons. The van der Waals surface area contributed by atoms with Gasteiger partial charge in [-0.3, -0.25) is 0 Å². The Morgan fingerprint density at radius 1 is 1.50 bits per heavy atom. The zero-order valence-corrected chi connectivity index (χ0v) is 8.62. The molecule has 0 bridgehead atoms. The lowest BCUT2D eigenvalue weighted by Gasteiger charge is -2.04. The number of isocyanates is 1. The summed E-state index contributed by atoms with van der Waals surface area (Å²) in [7, 11) is 4.00. The van der Waals surface area contributed by atoms with Crippen molar-refractivity contribution in [3.05, 3.63) is 0 Å². The fourth-order valence-corrected chi connectivity index (χ4v) is 4.20. The fraction of sp³-hybridized carbons (Fsp3) is 0.875. The van der Waals surface area contributed by atoms with Gasteiger partial charge in [-0.25, -0.2) is 9.79 Å². The van der Waals surface area contributed by atoms with Gasteiger partial charge in [-0.1, -0.05) is 28.0 Å². The summed E-state index contributed by atoms with van der Waals surface area (Å²) in [6.07, 6.45) is 6.44. The summed E-state index contributed by atoms with van der Waals surface area (Å²) < 4.78 is 0. The van der Waals surface area contributed by atoms with E-state index in [9.17, 15) is 4.79 Å². The molecule has 1 unspecified atom stereocenters. The zero-order chi connectivity index (χ0) is 8.65. The quantitative estimate of drug-likeness (QED) is 0.298. The largest absolute Gasteiger partial charge is 0.234 e. The van der Waals surface area contributed by atoms with E-state index in [1.54, 1.807) is 6.08 Å². The number of nitrogens with zero attached hydrogens (tertiary/aromatic N) is 1. The van der Waals surface area contributed by atoms with Crippen LogP contribution >= 0.6 is 21.6 Å². The highest BCUT2D eigenvalue weighted by Crippen LogP contribution is 2.39. The molecule has 1 fully saturated rings. The van der Waals surface area contributed by atoms with Crippen molar-refractivity contribution in [2.45, 2.75) is 30.9 Å². The molecule has 1 rings (SSSR count). The summed E-state index contributed by atoms with van der Waals surface area (Å²) >= 11 is 0. The topological polar surface area (TPSA) is 29.4 Å². The number of unbranched alkanes of at least 4 members (excludes halogenated alkanes) is 1. The molecule has 1 aliphatic rings. The smallest absolute Gasteiger partial charge is 0.211 e. The Labute approximate surface area is 81.0 Å². The third-order valence-electron chi connectivity index (χ3n) is 1.84. The summed E-state index contributed by atoms with van der Waals surface area (Å²) in [6, 6.07) is 0. The second-order valence-electron chi connectivity index (χ2n) is 2.80. The molecule has 0 aliphatic carbocycles. The van der Waals surface area contributed by atoms with Crippen molar-refractivity contribution in [1.29, 1.82) is 0 Å². The normalized spacial score (nSPS) is 22.2. The minimum absolute atomic E-state index is 0.661. The fourth-order valence-electron chi connectivity index (χ4n) is 1.17. The average Bonchev–Trinajstić information content (AvgIpc) is 2.57. The molecule has 1 saturated heterocycles. The summed E-state index contributed by atoms with van der Waals surface area (Å²) in [5, 5.41) is 0.857. The number of rotatable bonds is 5. The third-order valence-corrected chi connectivity index (χ3v) is 4.84. The second kappa shape index (κ2) is 6.58. The van der Waals surface area contributed by atoms with Crippen LogP contribution in [-0.4, -0.2) is 23.6 Å². The van der Waals surface area contributed by atoms with Gasteiger partial charge in [-0.2, -0.15) is 0 Å². The molecule has 0 amide bonds. The van der Waals surface area contributed by atoms with Crippen molar-refractivity contribution < 1.29 is 4.79 Å². The SMILES string of the molecule is O=C=NCCCCC1CCSS1. The van der Waals surface area contributed by atoms with E-state index in [1.165, 1.54) is 25.0 Å². The van der Waals surface area contributed by atoms with Crippen molar-refractivity contribution in [3.63, 3.8) is 0 Å². The highest BCUT2D eigenvalue weighted by atomic mass is 33.1. The van der Waals surface area contributed by atoms with E-state index < -0.39 is 0 Å². The highest BCUT2D eigenvalue weighted by molar-refractivity contribution is 8.77. The first-order valence-electron chi connectivity index (χ1n) is 4.25. The molecular weight excluding hydrogens is 190 g/mol. The van der Waals surface area contributed by atoms with E-state index in [1.807, 2.05) is 21.6 Å². The van der Waals surface area contributed by atoms with E-state index in [2.05, 4.69) is 4.99 Å². The van der Waals surface area contributed by atoms with Gasteiger partial charge in [0.05, 0.1) is 6.54 Å². The molecule has 0 N–H and O–H groups in total. The number of carbonyl (C=O) groups excluding carboxylic acids is 1. The minimum Gasteiger partial charge on any atom is -0.211 e. The van der Waals surface area contributed by atoms with Crippen LogP contribution in [0.2, 0.25) is 0 Å². The van der Waals surface area contributed by atoms with Gasteiger partial charge >= 0.3 is 0 Å². The van der Waals surface area contributed by atoms with E-state index in [-0.39, 0.29) is 0 Å². The molecule has 0 spiro atoms. The van der Waals surface area contributed by atoms with Gasteiger partial charge in [0.25, 0.3) is 0 Å². The van der Waals surface area contributed by atoms with E-state index >= 15 is 0 Å². The molecule has 1 atom stereocenters. The molecule has 1 aliphatic heterocycles. The highest BCUT2D eigenvalue weighted by Gasteiger charge is 2.15. The van der Waals surface area contributed by atoms with Crippen LogP contribution in [0, 0.1) is 0 Å². The maximum absolute atomic E-state index is 9.73. The summed E-state index contributed by atoms with van der Waals surface area (Å²) in [6.45, 7) is 0.661. The molecule has 0 aromatic heterocycles. The molecule has 0 saturated carbocycles. The van der Waals surface area contributed by atoms with Crippen LogP contribution < -0.4 is 0 Å². The molecule has 4 heteroatoms. The minimum atomic E-state index is 0.661. The maximum atomic E-state index is 9.73. The van der Waals surface area contributed by atoms with Crippen molar-refractivity contribution in [2.75, 3.05) is 12.3 Å². The predicted molar refractivity (Wildman–Crippen MR) is 55.3 cm³/mol. The Bertz CT molecular complexity index is 162. The summed E-state index contributed by atoms with van der Waals surface area (Å²) in [4.78, 5) is 13.2. The first-order valence-corrected chi connectivity index (χ1v) is 6.63. The van der Waals surface area contributed by atoms with Crippen LogP contribution in [0.1, 0.15) is 25.7 Å². The lowest BCUT2D eigenvalue weighted by Crippen LogP contribution is -1.97. The first-order chi connectivity index (χ1) is 5.93. The van der Waals surface area contributed by atoms with Gasteiger partial charge in [0, 0.05) is 11.0 Å². The third kappa shape index (κ3) is 4.19. The van der Waals surface area contributed by atoms with Gasteiger partial charge in [-0.05, 0) is 19.3 Å². The van der Waals surface area contributed by atoms with Gasteiger partial charge in [0.1, 0.15) is 0 Å². The van der Waals surface area contributed by atoms with Gasteiger partial charge < -0.3 is 0 Å². The van der Waals surface area contributed by atoms with Gasteiger partial charge in [0.2, 0.25) is 6.08 Å². The summed E-state index contributed by atoms with van der Waals surface area (Å²) in [5.41, 5.74) is 0.